The lowest BCUT2D eigenvalue weighted by molar-refractivity contribution is -0.278. The molecule has 0 saturated carbocycles. The molecule has 10 heteroatoms. The molecule has 2 aliphatic rings. The number of carbonyl (C=O) groups is 2. The molecule has 2 aromatic carbocycles. The van der Waals surface area contributed by atoms with Gasteiger partial charge in [-0.2, -0.15) is 26.3 Å². The first-order valence-corrected chi connectivity index (χ1v) is 10.4. The normalized spacial score (nSPS) is 26.7. The zero-order chi connectivity index (χ0) is 25.6. The van der Waals surface area contributed by atoms with Crippen LogP contribution in [0.3, 0.4) is 0 Å². The molecule has 4 nitrogen and oxygen atoms in total. The molecule has 3 atom stereocenters. The number of esters is 2. The lowest BCUT2D eigenvalue weighted by Crippen LogP contribution is -2.48. The monoisotopic (exact) mass is 496 g/mol. The third-order valence-corrected chi connectivity index (χ3v) is 6.36. The highest BCUT2D eigenvalue weighted by atomic mass is 19.4. The number of cyclic esters (lactones) is 1. The van der Waals surface area contributed by atoms with Crippen molar-refractivity contribution in [1.29, 1.82) is 0 Å². The van der Waals surface area contributed by atoms with Crippen LogP contribution in [0.25, 0.3) is 5.57 Å². The lowest BCUT2D eigenvalue weighted by atomic mass is 9.68. The second-order valence-corrected chi connectivity index (χ2v) is 8.26. The zero-order valence-electron chi connectivity index (χ0n) is 18.1. The number of benzene rings is 2. The molecule has 184 valence electrons. The van der Waals surface area contributed by atoms with Gasteiger partial charge in [-0.25, -0.2) is 4.79 Å². The molecule has 0 radical (unpaired) electrons. The van der Waals surface area contributed by atoms with Crippen LogP contribution in [0.15, 0.2) is 78.4 Å². The standard InChI is InChI=1S/C25H18F6O4/c1-34-20(32)16-12-19-22(13-16,14-18(24(26,27)28)15-8-4-2-5-9-15)21(33)35-23(19,25(29,30)31)17-10-6-3-7-11-17/h2-11,13-14,19H,12H2,1H3/b18-14+/t19-,22-,23-/m0/s1. The Labute approximate surface area is 195 Å². The molecule has 1 heterocycles. The summed E-state index contributed by atoms with van der Waals surface area (Å²) in [6.07, 6.45) is -9.67. The second kappa shape index (κ2) is 8.28. The number of fused-ring (bicyclic) bond motifs is 1. The first-order valence-electron chi connectivity index (χ1n) is 10.4. The van der Waals surface area contributed by atoms with Gasteiger partial charge in [-0.3, -0.25) is 4.79 Å². The first-order chi connectivity index (χ1) is 16.4. The Bertz CT molecular complexity index is 1200. The average Bonchev–Trinajstić information content (AvgIpc) is 3.31. The van der Waals surface area contributed by atoms with Gasteiger partial charge in [0.25, 0.3) is 0 Å². The number of allylic oxidation sites excluding steroid dienone is 1. The van der Waals surface area contributed by atoms with Crippen LogP contribution in [0, 0.1) is 11.3 Å². The maximum absolute atomic E-state index is 14.7. The molecule has 1 aliphatic carbocycles. The number of rotatable bonds is 4. The van der Waals surface area contributed by atoms with Crippen LogP contribution in [0.4, 0.5) is 26.3 Å². The highest BCUT2D eigenvalue weighted by Gasteiger charge is 2.76. The van der Waals surface area contributed by atoms with Gasteiger partial charge >= 0.3 is 24.3 Å². The number of carbonyl (C=O) groups excluding carboxylic acids is 2. The number of hydrogen-bond donors (Lipinski definition) is 0. The van der Waals surface area contributed by atoms with Gasteiger partial charge in [0.15, 0.2) is 0 Å². The van der Waals surface area contributed by atoms with E-state index in [0.29, 0.717) is 6.08 Å². The summed E-state index contributed by atoms with van der Waals surface area (Å²) < 4.78 is 96.3. The molecule has 0 N–H and O–H groups in total. The summed E-state index contributed by atoms with van der Waals surface area (Å²) in [5.74, 6) is -4.52. The number of alkyl halides is 6. The van der Waals surface area contributed by atoms with E-state index >= 15 is 0 Å². The number of ether oxygens (including phenoxy) is 2. The van der Waals surface area contributed by atoms with Crippen LogP contribution in [0.5, 0.6) is 0 Å². The summed E-state index contributed by atoms with van der Waals surface area (Å²) in [5, 5.41) is 0. The highest BCUT2D eigenvalue weighted by molar-refractivity contribution is 5.96. The van der Waals surface area contributed by atoms with Gasteiger partial charge in [-0.05, 0) is 12.0 Å². The molecule has 0 spiro atoms. The molecule has 1 saturated heterocycles. The maximum atomic E-state index is 14.7. The SMILES string of the molecule is COC(=O)C1=C[C@@]2(/C=C(\c3ccccc3)C(F)(F)F)C(=O)O[C@](c3ccccc3)(C(F)(F)F)[C@H]2C1. The number of halogens is 6. The Balaban J connectivity index is 2.04. The molecule has 2 aromatic rings. The number of methoxy groups -OCH3 is 1. The third-order valence-electron chi connectivity index (χ3n) is 6.36. The minimum Gasteiger partial charge on any atom is -0.466 e. The van der Waals surface area contributed by atoms with Crippen LogP contribution in [0.2, 0.25) is 0 Å². The van der Waals surface area contributed by atoms with Gasteiger partial charge < -0.3 is 9.47 Å². The Hall–Kier alpha value is -3.56. The van der Waals surface area contributed by atoms with E-state index in [4.69, 9.17) is 4.74 Å². The van der Waals surface area contributed by atoms with Crippen LogP contribution in [0.1, 0.15) is 17.5 Å². The minimum atomic E-state index is -5.21. The fraction of sp³-hybridized carbons (Fsp3) is 0.280. The lowest BCUT2D eigenvalue weighted by Gasteiger charge is -2.36. The summed E-state index contributed by atoms with van der Waals surface area (Å²) >= 11 is 0. The van der Waals surface area contributed by atoms with E-state index in [1.54, 1.807) is 0 Å². The van der Waals surface area contributed by atoms with Gasteiger partial charge in [0.1, 0.15) is 5.41 Å². The quantitative estimate of drug-likeness (QED) is 0.400. The molecule has 1 fully saturated rings. The predicted octanol–water partition coefficient (Wildman–Crippen LogP) is 5.75. The fourth-order valence-electron chi connectivity index (χ4n) is 4.85. The van der Waals surface area contributed by atoms with Crippen molar-refractivity contribution < 1.29 is 45.4 Å². The van der Waals surface area contributed by atoms with Crippen LogP contribution < -0.4 is 0 Å². The van der Waals surface area contributed by atoms with Gasteiger partial charge in [-0.1, -0.05) is 72.8 Å². The molecule has 0 unspecified atom stereocenters. The fourth-order valence-corrected chi connectivity index (χ4v) is 4.85. The van der Waals surface area contributed by atoms with E-state index in [0.717, 1.165) is 37.5 Å². The minimum absolute atomic E-state index is 0.343. The van der Waals surface area contributed by atoms with Crippen molar-refractivity contribution in [3.05, 3.63) is 89.5 Å². The molecule has 35 heavy (non-hydrogen) atoms. The Morgan fingerprint density at radius 1 is 1.00 bits per heavy atom. The van der Waals surface area contributed by atoms with E-state index < -0.39 is 58.8 Å². The smallest absolute Gasteiger partial charge is 0.433 e. The van der Waals surface area contributed by atoms with Crippen LogP contribution >= 0.6 is 0 Å². The Morgan fingerprint density at radius 3 is 2.09 bits per heavy atom. The van der Waals surface area contributed by atoms with Crippen LogP contribution in [-0.4, -0.2) is 31.4 Å². The predicted molar refractivity (Wildman–Crippen MR) is 111 cm³/mol. The van der Waals surface area contributed by atoms with Crippen LogP contribution in [-0.2, 0) is 24.7 Å². The summed E-state index contributed by atoms with van der Waals surface area (Å²) in [6.45, 7) is 0. The van der Waals surface area contributed by atoms with Crippen molar-refractivity contribution >= 4 is 17.5 Å². The van der Waals surface area contributed by atoms with E-state index in [1.165, 1.54) is 36.4 Å². The van der Waals surface area contributed by atoms with Crippen molar-refractivity contribution in [2.75, 3.05) is 7.11 Å². The molecule has 0 bridgehead atoms. The van der Waals surface area contributed by atoms with Gasteiger partial charge in [-0.15, -0.1) is 0 Å². The second-order valence-electron chi connectivity index (χ2n) is 8.26. The molecule has 1 aliphatic heterocycles. The summed E-state index contributed by atoms with van der Waals surface area (Å²) in [6, 6.07) is 12.6. The Morgan fingerprint density at radius 2 is 1.57 bits per heavy atom. The molecule has 0 aromatic heterocycles. The Kier molecular flexibility index (Phi) is 5.81. The zero-order valence-corrected chi connectivity index (χ0v) is 18.1. The van der Waals surface area contributed by atoms with Crippen molar-refractivity contribution in [3.63, 3.8) is 0 Å². The molecule has 0 amide bonds. The summed E-state index contributed by atoms with van der Waals surface area (Å²) in [4.78, 5) is 25.5. The average molecular weight is 496 g/mol. The van der Waals surface area contributed by atoms with Gasteiger partial charge in [0, 0.05) is 17.1 Å². The van der Waals surface area contributed by atoms with Crippen molar-refractivity contribution in [2.24, 2.45) is 11.3 Å². The van der Waals surface area contributed by atoms with Crippen molar-refractivity contribution in [1.82, 2.24) is 0 Å². The number of hydrogen-bond acceptors (Lipinski definition) is 4. The van der Waals surface area contributed by atoms with E-state index in [-0.39, 0.29) is 11.1 Å². The maximum Gasteiger partial charge on any atom is 0.433 e. The van der Waals surface area contributed by atoms with Crippen molar-refractivity contribution in [3.8, 4) is 0 Å². The highest BCUT2D eigenvalue weighted by Crippen LogP contribution is 2.65. The van der Waals surface area contributed by atoms with E-state index in [9.17, 15) is 35.9 Å². The largest absolute Gasteiger partial charge is 0.466 e. The van der Waals surface area contributed by atoms with Gasteiger partial charge in [0.05, 0.1) is 12.7 Å². The van der Waals surface area contributed by atoms with E-state index in [2.05, 4.69) is 4.74 Å². The third kappa shape index (κ3) is 3.81. The molecular formula is C25H18F6O4. The van der Waals surface area contributed by atoms with E-state index in [1.807, 2.05) is 0 Å². The van der Waals surface area contributed by atoms with Gasteiger partial charge in [0.2, 0.25) is 5.60 Å². The topological polar surface area (TPSA) is 52.6 Å². The summed E-state index contributed by atoms with van der Waals surface area (Å²) in [7, 11) is 0.984. The first kappa shape index (κ1) is 24.6. The molecule has 4 rings (SSSR count). The molecular weight excluding hydrogens is 478 g/mol. The van der Waals surface area contributed by atoms with Crippen molar-refractivity contribution in [2.45, 2.75) is 24.4 Å². The summed E-state index contributed by atoms with van der Waals surface area (Å²) in [5.41, 5.74) is -8.31.